The Morgan fingerprint density at radius 1 is 1.00 bits per heavy atom. The second kappa shape index (κ2) is 4.80. The third-order valence-electron chi connectivity index (χ3n) is 1.000. The van der Waals surface area contributed by atoms with Gasteiger partial charge < -0.3 is 5.11 Å². The molecule has 0 aliphatic heterocycles. The molecule has 54 valence electrons. The van der Waals surface area contributed by atoms with Crippen LogP contribution >= 0.6 is 34.8 Å². The molecule has 0 spiro atoms. The van der Waals surface area contributed by atoms with E-state index in [0.29, 0.717) is 5.02 Å². The van der Waals surface area contributed by atoms with Crippen molar-refractivity contribution in [2.45, 2.75) is 0 Å². The van der Waals surface area contributed by atoms with Gasteiger partial charge in [0.25, 0.3) is 0 Å². The Kier molecular flexibility index (Phi) is 5.19. The first-order valence-electron chi connectivity index (χ1n) is 2.43. The van der Waals surface area contributed by atoms with E-state index in [1.54, 1.807) is 0 Å². The molecular formula is C6H2Cl3NaO. The van der Waals surface area contributed by atoms with Gasteiger partial charge in [-0.05, 0) is 6.07 Å². The Bertz CT molecular complexity index is 237. The molecule has 1 rings (SSSR count). The standard InChI is InChI=1S/C6H3Cl3O.Na/c7-3-1-2-4(10)6(9)5(3)8;/h1-2,10H;/q;+1/p-1. The Morgan fingerprint density at radius 2 is 1.55 bits per heavy atom. The summed E-state index contributed by atoms with van der Waals surface area (Å²) in [6, 6.07) is 2.69. The van der Waals surface area contributed by atoms with E-state index in [4.69, 9.17) is 34.8 Å². The number of hydrogen-bond donors (Lipinski definition) is 0. The average Bonchev–Trinajstić information content (AvgIpc) is 1.93. The molecule has 0 N–H and O–H groups in total. The first kappa shape index (κ1) is 11.9. The molecule has 5 heteroatoms. The van der Waals surface area contributed by atoms with Crippen molar-refractivity contribution in [3.8, 4) is 5.75 Å². The van der Waals surface area contributed by atoms with E-state index < -0.39 is 0 Å². The van der Waals surface area contributed by atoms with E-state index in [0.717, 1.165) is 0 Å². The van der Waals surface area contributed by atoms with Crippen LogP contribution in [0.4, 0.5) is 0 Å². The van der Waals surface area contributed by atoms with E-state index in [2.05, 4.69) is 0 Å². The van der Waals surface area contributed by atoms with Crippen molar-refractivity contribution >= 4 is 34.8 Å². The molecule has 0 aliphatic carbocycles. The van der Waals surface area contributed by atoms with Crippen molar-refractivity contribution in [2.75, 3.05) is 0 Å². The summed E-state index contributed by atoms with van der Waals surface area (Å²) in [5, 5.41) is 11.1. The van der Waals surface area contributed by atoms with Gasteiger partial charge in [0.05, 0.1) is 15.1 Å². The molecule has 0 bridgehead atoms. The summed E-state index contributed by atoms with van der Waals surface area (Å²) in [7, 11) is 0. The molecule has 1 nitrogen and oxygen atoms in total. The quantitative estimate of drug-likeness (QED) is 0.435. The smallest absolute Gasteiger partial charge is 0.871 e. The summed E-state index contributed by atoms with van der Waals surface area (Å²) < 4.78 is 0. The van der Waals surface area contributed by atoms with Crippen molar-refractivity contribution in [3.63, 3.8) is 0 Å². The van der Waals surface area contributed by atoms with Crippen molar-refractivity contribution in [1.29, 1.82) is 0 Å². The maximum Gasteiger partial charge on any atom is 1.00 e. The van der Waals surface area contributed by atoms with Gasteiger partial charge >= 0.3 is 29.6 Å². The van der Waals surface area contributed by atoms with Gasteiger partial charge in [0.15, 0.2) is 0 Å². The molecule has 0 heterocycles. The molecule has 0 amide bonds. The van der Waals surface area contributed by atoms with Crippen LogP contribution in [0.1, 0.15) is 0 Å². The molecule has 11 heavy (non-hydrogen) atoms. The molecule has 1 aromatic rings. The zero-order valence-corrected chi connectivity index (χ0v) is 9.96. The van der Waals surface area contributed by atoms with Gasteiger partial charge in [0.2, 0.25) is 0 Å². The van der Waals surface area contributed by atoms with Crippen LogP contribution in [0.5, 0.6) is 5.75 Å². The molecule has 0 aliphatic rings. The van der Waals surface area contributed by atoms with Gasteiger partial charge in [-0.25, -0.2) is 0 Å². The summed E-state index contributed by atoms with van der Waals surface area (Å²) in [6.07, 6.45) is 0. The van der Waals surface area contributed by atoms with Gasteiger partial charge in [0.1, 0.15) is 0 Å². The van der Waals surface area contributed by atoms with E-state index >= 15 is 0 Å². The molecule has 0 aromatic heterocycles. The molecule has 0 saturated heterocycles. The van der Waals surface area contributed by atoms with Gasteiger partial charge in [-0.15, -0.1) is 0 Å². The van der Waals surface area contributed by atoms with Crippen LogP contribution in [0.2, 0.25) is 15.1 Å². The van der Waals surface area contributed by atoms with Gasteiger partial charge in [-0.3, -0.25) is 0 Å². The fourth-order valence-electron chi connectivity index (χ4n) is 0.508. The largest absolute Gasteiger partial charge is 1.00 e. The minimum atomic E-state index is -0.309. The minimum absolute atomic E-state index is 0. The second-order valence-corrected chi connectivity index (χ2v) is 2.84. The SMILES string of the molecule is [Na+].[O-]c1ccc(Cl)c(Cl)c1Cl. The monoisotopic (exact) mass is 218 g/mol. The maximum atomic E-state index is 10.7. The van der Waals surface area contributed by atoms with Crippen LogP contribution in [0, 0.1) is 0 Å². The molecular weight excluding hydrogens is 217 g/mol. The maximum absolute atomic E-state index is 10.7. The fraction of sp³-hybridized carbons (Fsp3) is 0. The first-order valence-corrected chi connectivity index (χ1v) is 3.57. The summed E-state index contributed by atoms with van der Waals surface area (Å²) in [5.74, 6) is -0.309. The molecule has 0 saturated carbocycles. The average molecular weight is 219 g/mol. The van der Waals surface area contributed by atoms with Crippen molar-refractivity contribution in [3.05, 3.63) is 27.2 Å². The molecule has 1 aromatic carbocycles. The number of halogens is 3. The third-order valence-corrected chi connectivity index (χ3v) is 2.28. The van der Waals surface area contributed by atoms with Gasteiger partial charge in [-0.2, -0.15) is 0 Å². The van der Waals surface area contributed by atoms with E-state index in [1.165, 1.54) is 12.1 Å². The Morgan fingerprint density at radius 3 is 2.00 bits per heavy atom. The predicted molar refractivity (Wildman–Crippen MR) is 40.9 cm³/mol. The number of rotatable bonds is 0. The van der Waals surface area contributed by atoms with E-state index in [1.807, 2.05) is 0 Å². The summed E-state index contributed by atoms with van der Waals surface area (Å²) in [4.78, 5) is 0. The normalized spacial score (nSPS) is 9.00. The van der Waals surface area contributed by atoms with Crippen LogP contribution in [0.3, 0.4) is 0 Å². The molecule has 0 atom stereocenters. The van der Waals surface area contributed by atoms with Crippen molar-refractivity contribution in [2.24, 2.45) is 0 Å². The number of hydrogen-bond acceptors (Lipinski definition) is 1. The van der Waals surface area contributed by atoms with Crippen LogP contribution in [0.15, 0.2) is 12.1 Å². The Balaban J connectivity index is 0.000001000. The Hall–Kier alpha value is 0.890. The molecule has 0 radical (unpaired) electrons. The minimum Gasteiger partial charge on any atom is -0.871 e. The van der Waals surface area contributed by atoms with E-state index in [9.17, 15) is 5.11 Å². The molecule has 0 unspecified atom stereocenters. The molecule has 0 fully saturated rings. The van der Waals surface area contributed by atoms with Crippen LogP contribution < -0.4 is 34.7 Å². The summed E-state index contributed by atoms with van der Waals surface area (Å²) in [6.45, 7) is 0. The zero-order chi connectivity index (χ0) is 7.72. The Labute approximate surface area is 102 Å². The van der Waals surface area contributed by atoms with Gasteiger partial charge in [-0.1, -0.05) is 46.6 Å². The van der Waals surface area contributed by atoms with E-state index in [-0.39, 0.29) is 45.4 Å². The van der Waals surface area contributed by atoms with Crippen molar-refractivity contribution in [1.82, 2.24) is 0 Å². The second-order valence-electron chi connectivity index (χ2n) is 1.67. The van der Waals surface area contributed by atoms with Crippen LogP contribution in [-0.4, -0.2) is 0 Å². The topological polar surface area (TPSA) is 23.1 Å². The predicted octanol–water partition coefficient (Wildman–Crippen LogP) is -0.276. The zero-order valence-electron chi connectivity index (χ0n) is 5.70. The summed E-state index contributed by atoms with van der Waals surface area (Å²) >= 11 is 16.5. The van der Waals surface area contributed by atoms with Crippen LogP contribution in [0.25, 0.3) is 0 Å². The number of benzene rings is 1. The first-order chi connectivity index (χ1) is 4.63. The van der Waals surface area contributed by atoms with Gasteiger partial charge in [0, 0.05) is 0 Å². The third kappa shape index (κ3) is 2.69. The fourth-order valence-corrected chi connectivity index (χ4v) is 1.03. The van der Waals surface area contributed by atoms with Crippen LogP contribution in [-0.2, 0) is 0 Å². The van der Waals surface area contributed by atoms with Crippen molar-refractivity contribution < 1.29 is 34.7 Å². The summed E-state index contributed by atoms with van der Waals surface area (Å²) in [5.41, 5.74) is 0.